The molecule has 0 saturated carbocycles. The summed E-state index contributed by atoms with van der Waals surface area (Å²) < 4.78 is 1.68. The monoisotopic (exact) mass is 343 g/mol. The summed E-state index contributed by atoms with van der Waals surface area (Å²) in [6, 6.07) is 7.71. The first-order chi connectivity index (χ1) is 12.0. The molecule has 0 radical (unpaired) electrons. The van der Waals surface area contributed by atoms with Crippen LogP contribution in [0.25, 0.3) is 0 Å². The highest BCUT2D eigenvalue weighted by molar-refractivity contribution is 5.94. The third kappa shape index (κ3) is 4.43. The molecule has 2 heterocycles. The van der Waals surface area contributed by atoms with E-state index in [0.717, 1.165) is 24.9 Å². The first kappa shape index (κ1) is 17.6. The molecule has 25 heavy (non-hydrogen) atoms. The van der Waals surface area contributed by atoms with Crippen molar-refractivity contribution in [3.8, 4) is 0 Å². The van der Waals surface area contributed by atoms with Gasteiger partial charge in [-0.3, -0.25) is 9.69 Å². The summed E-state index contributed by atoms with van der Waals surface area (Å²) in [5.41, 5.74) is 0.971. The summed E-state index contributed by atoms with van der Waals surface area (Å²) in [5.74, 6) is 0.00295. The van der Waals surface area contributed by atoms with E-state index < -0.39 is 5.60 Å². The summed E-state index contributed by atoms with van der Waals surface area (Å²) in [4.78, 5) is 15.9. The lowest BCUT2D eigenvalue weighted by Gasteiger charge is -2.39. The largest absolute Gasteiger partial charge is 0.387 e. The molecular formula is C18H25N5O2. The van der Waals surface area contributed by atoms with Gasteiger partial charge in [-0.05, 0) is 37.1 Å². The summed E-state index contributed by atoms with van der Waals surface area (Å²) in [6.07, 6.45) is 5.08. The molecule has 0 bridgehead atoms. The van der Waals surface area contributed by atoms with Crippen molar-refractivity contribution in [3.05, 3.63) is 47.8 Å². The van der Waals surface area contributed by atoms with Gasteiger partial charge in [0.15, 0.2) is 0 Å². The molecule has 1 fully saturated rings. The van der Waals surface area contributed by atoms with Crippen LogP contribution in [0.15, 0.2) is 36.7 Å². The molecule has 134 valence electrons. The lowest BCUT2D eigenvalue weighted by molar-refractivity contribution is -0.0478. The van der Waals surface area contributed by atoms with E-state index >= 15 is 0 Å². The van der Waals surface area contributed by atoms with E-state index in [1.165, 1.54) is 0 Å². The zero-order valence-electron chi connectivity index (χ0n) is 14.8. The number of carbonyl (C=O) groups is 1. The predicted octanol–water partition coefficient (Wildman–Crippen LogP) is 1.01. The molecule has 3 rings (SSSR count). The average Bonchev–Trinajstić information content (AvgIpc) is 3.06. The lowest BCUT2D eigenvalue weighted by atomic mass is 9.92. The van der Waals surface area contributed by atoms with Crippen LogP contribution in [0.2, 0.25) is 0 Å². The van der Waals surface area contributed by atoms with Gasteiger partial charge in [0, 0.05) is 38.9 Å². The van der Waals surface area contributed by atoms with E-state index in [2.05, 4.69) is 15.2 Å². The number of aliphatic hydroxyl groups is 1. The van der Waals surface area contributed by atoms with Gasteiger partial charge in [0.2, 0.25) is 0 Å². The normalized spacial score (nSPS) is 21.2. The molecule has 2 aromatic rings. The second-order valence-electron chi connectivity index (χ2n) is 7.04. The van der Waals surface area contributed by atoms with Crippen LogP contribution < -0.4 is 0 Å². The number of hydrogen-bond donors (Lipinski definition) is 1. The van der Waals surface area contributed by atoms with Crippen LogP contribution >= 0.6 is 0 Å². The van der Waals surface area contributed by atoms with Gasteiger partial charge in [0.25, 0.3) is 5.91 Å². The van der Waals surface area contributed by atoms with Crippen LogP contribution in [0.4, 0.5) is 0 Å². The van der Waals surface area contributed by atoms with E-state index in [-0.39, 0.29) is 5.91 Å². The Hall–Kier alpha value is -2.25. The second-order valence-corrected chi connectivity index (χ2v) is 7.04. The minimum atomic E-state index is -0.803. The van der Waals surface area contributed by atoms with Gasteiger partial charge >= 0.3 is 0 Å². The molecule has 1 aromatic heterocycles. The van der Waals surface area contributed by atoms with Gasteiger partial charge in [-0.25, -0.2) is 4.68 Å². The summed E-state index contributed by atoms with van der Waals surface area (Å²) in [5, 5.41) is 18.7. The highest BCUT2D eigenvalue weighted by atomic mass is 16.3. The molecule has 0 aliphatic carbocycles. The van der Waals surface area contributed by atoms with E-state index in [1.54, 1.807) is 36.1 Å². The highest BCUT2D eigenvalue weighted by Crippen LogP contribution is 2.24. The molecule has 7 heteroatoms. The van der Waals surface area contributed by atoms with Gasteiger partial charge in [0.1, 0.15) is 0 Å². The van der Waals surface area contributed by atoms with E-state index in [1.807, 2.05) is 24.3 Å². The number of rotatable bonds is 5. The maximum absolute atomic E-state index is 12.1. The predicted molar refractivity (Wildman–Crippen MR) is 93.9 cm³/mol. The number of carbonyl (C=O) groups excluding carboxylic acids is 1. The lowest BCUT2D eigenvalue weighted by Crippen LogP contribution is -2.50. The number of hydrogen-bond acceptors (Lipinski definition) is 5. The zero-order valence-corrected chi connectivity index (χ0v) is 14.8. The van der Waals surface area contributed by atoms with E-state index in [0.29, 0.717) is 25.2 Å². The van der Waals surface area contributed by atoms with Crippen molar-refractivity contribution in [1.82, 2.24) is 24.8 Å². The van der Waals surface area contributed by atoms with Crippen LogP contribution in [0.5, 0.6) is 0 Å². The topological polar surface area (TPSA) is 74.5 Å². The summed E-state index contributed by atoms with van der Waals surface area (Å²) in [7, 11) is 3.51. The summed E-state index contributed by atoms with van der Waals surface area (Å²) >= 11 is 0. The van der Waals surface area contributed by atoms with Gasteiger partial charge in [-0.2, -0.15) is 0 Å². The molecular weight excluding hydrogens is 318 g/mol. The number of benzene rings is 1. The van der Waals surface area contributed by atoms with Crippen molar-refractivity contribution in [3.63, 3.8) is 0 Å². The first-order valence-electron chi connectivity index (χ1n) is 8.55. The van der Waals surface area contributed by atoms with Crippen LogP contribution in [0, 0.1) is 0 Å². The number of piperidine rings is 1. The second kappa shape index (κ2) is 7.33. The molecule has 1 aliphatic heterocycles. The average molecular weight is 343 g/mol. The van der Waals surface area contributed by atoms with Gasteiger partial charge in [0.05, 0.1) is 18.3 Å². The minimum Gasteiger partial charge on any atom is -0.387 e. The molecule has 1 aliphatic rings. The number of nitrogens with zero attached hydrogens (tertiary/aromatic N) is 5. The Labute approximate surface area is 147 Å². The Morgan fingerprint density at radius 1 is 1.40 bits per heavy atom. The van der Waals surface area contributed by atoms with Gasteiger partial charge < -0.3 is 10.0 Å². The van der Waals surface area contributed by atoms with Crippen LogP contribution in [0.3, 0.4) is 0 Å². The molecule has 1 amide bonds. The molecule has 0 unspecified atom stereocenters. The molecule has 1 aromatic carbocycles. The fourth-order valence-electron chi connectivity index (χ4n) is 3.41. The van der Waals surface area contributed by atoms with Crippen LogP contribution in [0.1, 0.15) is 28.8 Å². The minimum absolute atomic E-state index is 0.00295. The molecule has 1 N–H and O–H groups in total. The Morgan fingerprint density at radius 3 is 2.96 bits per heavy atom. The fraction of sp³-hybridized carbons (Fsp3) is 0.500. The first-order valence-corrected chi connectivity index (χ1v) is 8.55. The zero-order chi connectivity index (χ0) is 17.9. The smallest absolute Gasteiger partial charge is 0.253 e. The fourth-order valence-corrected chi connectivity index (χ4v) is 3.41. The number of amides is 1. The van der Waals surface area contributed by atoms with Gasteiger partial charge in [-0.1, -0.05) is 17.3 Å². The molecule has 0 spiro atoms. The van der Waals surface area contributed by atoms with Crippen molar-refractivity contribution in [2.75, 3.05) is 27.2 Å². The number of likely N-dealkylation sites (tertiary alicyclic amines) is 1. The maximum atomic E-state index is 12.1. The van der Waals surface area contributed by atoms with E-state index in [4.69, 9.17) is 0 Å². The Kier molecular flexibility index (Phi) is 5.15. The van der Waals surface area contributed by atoms with Crippen molar-refractivity contribution < 1.29 is 9.90 Å². The molecule has 1 atom stereocenters. The standard InChI is InChI=1S/C18H25N5O2/c1-21(2)17(24)16-6-3-5-15(11-16)12-22-9-4-7-18(25,13-22)14-23-10-8-19-20-23/h3,5-6,8,10-11,25H,4,7,9,12-14H2,1-2H3/t18-/m0/s1. The molecule has 1 saturated heterocycles. The van der Waals surface area contributed by atoms with Crippen molar-refractivity contribution >= 4 is 5.91 Å². The van der Waals surface area contributed by atoms with Crippen LogP contribution in [-0.2, 0) is 13.1 Å². The Morgan fingerprint density at radius 2 is 2.24 bits per heavy atom. The van der Waals surface area contributed by atoms with Crippen LogP contribution in [-0.4, -0.2) is 68.6 Å². The van der Waals surface area contributed by atoms with E-state index in [9.17, 15) is 9.90 Å². The Bertz CT molecular complexity index is 716. The maximum Gasteiger partial charge on any atom is 0.253 e. The van der Waals surface area contributed by atoms with Crippen molar-refractivity contribution in [2.24, 2.45) is 0 Å². The van der Waals surface area contributed by atoms with Crippen molar-refractivity contribution in [1.29, 1.82) is 0 Å². The summed E-state index contributed by atoms with van der Waals surface area (Å²) in [6.45, 7) is 2.68. The Balaban J connectivity index is 1.66. The van der Waals surface area contributed by atoms with Crippen molar-refractivity contribution in [2.45, 2.75) is 31.5 Å². The third-order valence-corrected chi connectivity index (χ3v) is 4.55. The molecule has 7 nitrogen and oxygen atoms in total. The third-order valence-electron chi connectivity index (χ3n) is 4.55. The highest BCUT2D eigenvalue weighted by Gasteiger charge is 2.34. The SMILES string of the molecule is CN(C)C(=O)c1cccc(CN2CCC[C@@](O)(Cn3ccnn3)C2)c1. The number of aromatic nitrogens is 3. The van der Waals surface area contributed by atoms with Gasteiger partial charge in [-0.15, -0.1) is 5.10 Å². The number of β-amino-alcohol motifs (C(OH)–C–C–N with tert-alkyl or cyclic N) is 1. The quantitative estimate of drug-likeness (QED) is 0.877.